The SMILES string of the molecule is O=C(CN1C(=O)[C@@H](CC2CCCCCC2)NCC1c1cc(F)cc(F)c1)Nc1ccc2c(c1)C[C@@]1(C2)C(=O)Nc2ncccc21. The Labute approximate surface area is 261 Å². The van der Waals surface area contributed by atoms with Gasteiger partial charge in [0.2, 0.25) is 17.7 Å². The number of hydrogen-bond acceptors (Lipinski definition) is 5. The average molecular weight is 614 g/mol. The summed E-state index contributed by atoms with van der Waals surface area (Å²) >= 11 is 0. The molecule has 2 aliphatic carbocycles. The van der Waals surface area contributed by atoms with Gasteiger partial charge in [0.05, 0.1) is 17.5 Å². The van der Waals surface area contributed by atoms with E-state index in [1.165, 1.54) is 29.9 Å². The number of hydrogen-bond donors (Lipinski definition) is 3. The Morgan fingerprint density at radius 1 is 0.978 bits per heavy atom. The first-order valence-electron chi connectivity index (χ1n) is 16.0. The van der Waals surface area contributed by atoms with Crippen molar-refractivity contribution >= 4 is 29.2 Å². The molecule has 3 amide bonds. The number of carbonyl (C=O) groups excluding carboxylic acids is 3. The number of fused-ring (bicyclic) bond motifs is 3. The summed E-state index contributed by atoms with van der Waals surface area (Å²) in [5, 5.41) is 9.18. The highest BCUT2D eigenvalue weighted by atomic mass is 19.1. The van der Waals surface area contributed by atoms with E-state index in [2.05, 4.69) is 20.9 Å². The summed E-state index contributed by atoms with van der Waals surface area (Å²) in [6, 6.07) is 11.5. The van der Waals surface area contributed by atoms with Gasteiger partial charge >= 0.3 is 0 Å². The number of halogens is 2. The van der Waals surface area contributed by atoms with Crippen LogP contribution in [0.5, 0.6) is 0 Å². The molecule has 3 N–H and O–H groups in total. The van der Waals surface area contributed by atoms with Gasteiger partial charge in [-0.1, -0.05) is 50.7 Å². The number of aromatic nitrogens is 1. The van der Waals surface area contributed by atoms with E-state index in [9.17, 15) is 23.2 Å². The average Bonchev–Trinajstić information content (AvgIpc) is 3.38. The molecule has 0 bridgehead atoms. The minimum atomic E-state index is -0.729. The second kappa shape index (κ2) is 12.0. The van der Waals surface area contributed by atoms with Crippen LogP contribution in [-0.2, 0) is 32.6 Å². The Balaban J connectivity index is 1.09. The fraction of sp³-hybridized carbons (Fsp3) is 0.429. The van der Waals surface area contributed by atoms with Crippen molar-refractivity contribution in [1.82, 2.24) is 15.2 Å². The van der Waals surface area contributed by atoms with Crippen molar-refractivity contribution in [1.29, 1.82) is 0 Å². The van der Waals surface area contributed by atoms with Crippen LogP contribution in [0.2, 0.25) is 0 Å². The van der Waals surface area contributed by atoms with Crippen LogP contribution in [0.25, 0.3) is 0 Å². The molecule has 2 fully saturated rings. The monoisotopic (exact) mass is 613 g/mol. The summed E-state index contributed by atoms with van der Waals surface area (Å²) in [5.41, 5.74) is 3.03. The third kappa shape index (κ3) is 5.72. The van der Waals surface area contributed by atoms with Gasteiger partial charge in [-0.15, -0.1) is 0 Å². The number of amides is 3. The van der Waals surface area contributed by atoms with Gasteiger partial charge in [-0.05, 0) is 72.2 Å². The molecule has 3 atom stereocenters. The van der Waals surface area contributed by atoms with E-state index in [0.29, 0.717) is 48.8 Å². The lowest BCUT2D eigenvalue weighted by Crippen LogP contribution is -2.58. The lowest BCUT2D eigenvalue weighted by molar-refractivity contribution is -0.142. The Hall–Kier alpha value is -4.18. The number of pyridine rings is 1. The van der Waals surface area contributed by atoms with Crippen LogP contribution in [0.15, 0.2) is 54.7 Å². The molecule has 10 heteroatoms. The van der Waals surface area contributed by atoms with Crippen LogP contribution in [0.4, 0.5) is 20.3 Å². The molecule has 1 spiro atoms. The zero-order valence-electron chi connectivity index (χ0n) is 25.1. The smallest absolute Gasteiger partial charge is 0.244 e. The zero-order chi connectivity index (χ0) is 31.1. The van der Waals surface area contributed by atoms with Crippen LogP contribution in [0, 0.1) is 17.6 Å². The van der Waals surface area contributed by atoms with Gasteiger partial charge in [0.15, 0.2) is 0 Å². The first-order valence-corrected chi connectivity index (χ1v) is 16.0. The molecule has 4 aliphatic rings. The number of piperazine rings is 1. The first kappa shape index (κ1) is 29.5. The lowest BCUT2D eigenvalue weighted by Gasteiger charge is -2.40. The normalized spacial score (nSPS) is 24.7. The molecular formula is C35H37F2N5O3. The summed E-state index contributed by atoms with van der Waals surface area (Å²) in [5.74, 6) is -1.15. The summed E-state index contributed by atoms with van der Waals surface area (Å²) in [7, 11) is 0. The number of anilines is 2. The largest absolute Gasteiger partial charge is 0.325 e. The Kier molecular flexibility index (Phi) is 7.85. The highest BCUT2D eigenvalue weighted by Gasteiger charge is 2.51. The van der Waals surface area contributed by atoms with E-state index in [-0.39, 0.29) is 18.4 Å². The summed E-state index contributed by atoms with van der Waals surface area (Å²) in [6.45, 7) is 0.0333. The highest BCUT2D eigenvalue weighted by molar-refractivity contribution is 6.06. The van der Waals surface area contributed by atoms with Crippen molar-refractivity contribution < 1.29 is 23.2 Å². The summed E-state index contributed by atoms with van der Waals surface area (Å²) < 4.78 is 28.5. The number of nitrogens with zero attached hydrogens (tertiary/aromatic N) is 2. The maximum atomic E-state index is 14.2. The number of benzene rings is 2. The van der Waals surface area contributed by atoms with E-state index in [1.54, 1.807) is 12.3 Å². The maximum Gasteiger partial charge on any atom is 0.244 e. The molecule has 0 radical (unpaired) electrons. The summed E-state index contributed by atoms with van der Waals surface area (Å²) in [4.78, 5) is 46.3. The second-order valence-corrected chi connectivity index (χ2v) is 13.1. The fourth-order valence-corrected chi connectivity index (χ4v) is 7.88. The third-order valence-corrected chi connectivity index (χ3v) is 10.1. The van der Waals surface area contributed by atoms with Crippen LogP contribution in [0.3, 0.4) is 0 Å². The standard InChI is InChI=1S/C35H37F2N5O3/c36-25-13-23(14-26(37)16-25)30-19-39-29(12-21-6-3-1-2-4-7-21)33(44)42(30)20-31(43)40-27-10-9-22-17-35(18-24(22)15-27)28-8-5-11-38-32(28)41-34(35)45/h5,8-11,13-16,21,29-30,39H,1-4,6-7,12,17-20H2,(H,40,43)(H,38,41,45)/t29-,30?,35-/m1/s1. The molecule has 2 aromatic carbocycles. The summed E-state index contributed by atoms with van der Waals surface area (Å²) in [6.07, 6.45) is 10.3. The molecule has 3 heterocycles. The predicted octanol–water partition coefficient (Wildman–Crippen LogP) is 5.19. The number of nitrogens with one attached hydrogen (secondary N) is 3. The van der Waals surface area contributed by atoms with Gasteiger partial charge in [-0.3, -0.25) is 14.4 Å². The third-order valence-electron chi connectivity index (χ3n) is 10.1. The second-order valence-electron chi connectivity index (χ2n) is 13.1. The zero-order valence-corrected chi connectivity index (χ0v) is 25.1. The molecule has 1 unspecified atom stereocenters. The van der Waals surface area contributed by atoms with Crippen molar-refractivity contribution in [3.8, 4) is 0 Å². The molecule has 1 saturated carbocycles. The maximum absolute atomic E-state index is 14.2. The van der Waals surface area contributed by atoms with Crippen LogP contribution >= 0.6 is 0 Å². The molecular weight excluding hydrogens is 576 g/mol. The Bertz CT molecular complexity index is 1640. The Morgan fingerprint density at radius 3 is 2.51 bits per heavy atom. The molecule has 3 aromatic rings. The minimum absolute atomic E-state index is 0.0755. The molecule has 1 aromatic heterocycles. The van der Waals surface area contributed by atoms with Crippen molar-refractivity contribution in [2.24, 2.45) is 5.92 Å². The van der Waals surface area contributed by atoms with Gasteiger partial charge in [0, 0.05) is 30.1 Å². The minimum Gasteiger partial charge on any atom is -0.325 e. The molecule has 8 nitrogen and oxygen atoms in total. The van der Waals surface area contributed by atoms with Crippen molar-refractivity contribution in [2.75, 3.05) is 23.7 Å². The van der Waals surface area contributed by atoms with E-state index < -0.39 is 35.0 Å². The molecule has 1 saturated heterocycles. The van der Waals surface area contributed by atoms with Crippen LogP contribution in [0.1, 0.15) is 73.2 Å². The molecule has 2 aliphatic heterocycles. The van der Waals surface area contributed by atoms with Gasteiger partial charge in [-0.25, -0.2) is 13.8 Å². The van der Waals surface area contributed by atoms with E-state index in [1.807, 2.05) is 24.3 Å². The fourth-order valence-electron chi connectivity index (χ4n) is 7.88. The van der Waals surface area contributed by atoms with Crippen molar-refractivity contribution in [3.05, 3.63) is 88.6 Å². The number of carbonyl (C=O) groups is 3. The van der Waals surface area contributed by atoms with Gasteiger partial charge in [0.1, 0.15) is 24.0 Å². The highest BCUT2D eigenvalue weighted by Crippen LogP contribution is 2.47. The topological polar surface area (TPSA) is 103 Å². The first-order chi connectivity index (χ1) is 21.8. The van der Waals surface area contributed by atoms with Gasteiger partial charge < -0.3 is 20.9 Å². The van der Waals surface area contributed by atoms with E-state index >= 15 is 0 Å². The van der Waals surface area contributed by atoms with Gasteiger partial charge in [-0.2, -0.15) is 0 Å². The van der Waals surface area contributed by atoms with Crippen LogP contribution < -0.4 is 16.0 Å². The Morgan fingerprint density at radius 2 is 1.73 bits per heavy atom. The van der Waals surface area contributed by atoms with Gasteiger partial charge in [0.25, 0.3) is 0 Å². The van der Waals surface area contributed by atoms with Crippen LogP contribution in [-0.4, -0.2) is 46.7 Å². The van der Waals surface area contributed by atoms with E-state index in [0.717, 1.165) is 48.4 Å². The molecule has 45 heavy (non-hydrogen) atoms. The predicted molar refractivity (Wildman–Crippen MR) is 165 cm³/mol. The van der Waals surface area contributed by atoms with E-state index in [4.69, 9.17) is 0 Å². The molecule has 7 rings (SSSR count). The number of rotatable bonds is 6. The van der Waals surface area contributed by atoms with Crippen molar-refractivity contribution in [2.45, 2.75) is 75.3 Å². The lowest BCUT2D eigenvalue weighted by atomic mass is 9.79. The van der Waals surface area contributed by atoms with Crippen molar-refractivity contribution in [3.63, 3.8) is 0 Å². The quantitative estimate of drug-likeness (QED) is 0.332. The molecule has 234 valence electrons.